The molecular formula is C14H20F3N. The molecule has 0 aromatic heterocycles. The number of nitrogens with one attached hydrogen (secondary N) is 1. The fraction of sp³-hybridized carbons (Fsp3) is 0.571. The van der Waals surface area contributed by atoms with Crippen LogP contribution in [0.2, 0.25) is 0 Å². The van der Waals surface area contributed by atoms with Crippen LogP contribution in [-0.2, 0) is 12.6 Å². The molecule has 18 heavy (non-hydrogen) atoms. The molecule has 1 rings (SSSR count). The molecule has 1 aromatic carbocycles. The van der Waals surface area contributed by atoms with E-state index >= 15 is 0 Å². The van der Waals surface area contributed by atoms with Crippen LogP contribution in [0, 0.1) is 0 Å². The van der Waals surface area contributed by atoms with E-state index in [0.29, 0.717) is 6.42 Å². The van der Waals surface area contributed by atoms with Crippen molar-refractivity contribution in [2.24, 2.45) is 0 Å². The predicted molar refractivity (Wildman–Crippen MR) is 67.5 cm³/mol. The van der Waals surface area contributed by atoms with E-state index in [2.05, 4.69) is 12.2 Å². The van der Waals surface area contributed by atoms with Gasteiger partial charge in [0.2, 0.25) is 0 Å². The Kier molecular flexibility index (Phi) is 6.19. The molecule has 0 aliphatic heterocycles. The standard InChI is InChI=1S/C14H20F3N/c1-2-9-18-10-4-3-6-12-7-5-8-13(11-12)14(15,16)17/h5,7-8,11,18H,2-4,6,9-10H2,1H3. The molecule has 0 saturated heterocycles. The number of benzene rings is 1. The molecule has 0 saturated carbocycles. The van der Waals surface area contributed by atoms with Crippen molar-refractivity contribution < 1.29 is 13.2 Å². The van der Waals surface area contributed by atoms with Crippen LogP contribution in [0.15, 0.2) is 24.3 Å². The minimum absolute atomic E-state index is 0.552. The van der Waals surface area contributed by atoms with E-state index < -0.39 is 11.7 Å². The quantitative estimate of drug-likeness (QED) is 0.729. The maximum atomic E-state index is 12.5. The van der Waals surface area contributed by atoms with Crippen LogP contribution in [-0.4, -0.2) is 13.1 Å². The fourth-order valence-electron chi connectivity index (χ4n) is 1.78. The molecule has 0 amide bonds. The molecule has 0 atom stereocenters. The van der Waals surface area contributed by atoms with E-state index in [1.807, 2.05) is 0 Å². The molecule has 0 heterocycles. The SMILES string of the molecule is CCCNCCCCc1cccc(C(F)(F)F)c1. The van der Waals surface area contributed by atoms with Crippen LogP contribution >= 0.6 is 0 Å². The van der Waals surface area contributed by atoms with Crippen LogP contribution in [0.5, 0.6) is 0 Å². The van der Waals surface area contributed by atoms with E-state index in [0.717, 1.165) is 44.0 Å². The van der Waals surface area contributed by atoms with Gasteiger partial charge >= 0.3 is 6.18 Å². The Bertz CT molecular complexity index is 347. The molecule has 0 fully saturated rings. The molecule has 0 radical (unpaired) electrons. The van der Waals surface area contributed by atoms with Crippen molar-refractivity contribution in [3.8, 4) is 0 Å². The highest BCUT2D eigenvalue weighted by molar-refractivity contribution is 5.25. The Labute approximate surface area is 106 Å². The summed E-state index contributed by atoms with van der Waals surface area (Å²) in [6, 6.07) is 5.61. The zero-order valence-electron chi connectivity index (χ0n) is 10.7. The molecule has 4 heteroatoms. The topological polar surface area (TPSA) is 12.0 Å². The summed E-state index contributed by atoms with van der Waals surface area (Å²) >= 11 is 0. The first-order chi connectivity index (χ1) is 8.54. The second kappa shape index (κ2) is 7.41. The van der Waals surface area contributed by atoms with Gasteiger partial charge in [-0.2, -0.15) is 13.2 Å². The van der Waals surface area contributed by atoms with Crippen molar-refractivity contribution in [3.63, 3.8) is 0 Å². The fourth-order valence-corrected chi connectivity index (χ4v) is 1.78. The van der Waals surface area contributed by atoms with E-state index in [4.69, 9.17) is 0 Å². The van der Waals surface area contributed by atoms with Gasteiger partial charge in [-0.25, -0.2) is 0 Å². The molecule has 1 nitrogen and oxygen atoms in total. The number of alkyl halides is 3. The van der Waals surface area contributed by atoms with Gasteiger partial charge in [0.25, 0.3) is 0 Å². The third-order valence-electron chi connectivity index (χ3n) is 2.75. The van der Waals surface area contributed by atoms with Gasteiger partial charge in [0.05, 0.1) is 5.56 Å². The van der Waals surface area contributed by atoms with Crippen molar-refractivity contribution >= 4 is 0 Å². The zero-order valence-corrected chi connectivity index (χ0v) is 10.7. The van der Waals surface area contributed by atoms with E-state index in [9.17, 15) is 13.2 Å². The van der Waals surface area contributed by atoms with Gasteiger partial charge in [0.1, 0.15) is 0 Å². The Morgan fingerprint density at radius 1 is 1.11 bits per heavy atom. The first-order valence-corrected chi connectivity index (χ1v) is 6.41. The van der Waals surface area contributed by atoms with Gasteiger partial charge in [-0.05, 0) is 50.4 Å². The van der Waals surface area contributed by atoms with Crippen molar-refractivity contribution in [2.45, 2.75) is 38.8 Å². The van der Waals surface area contributed by atoms with Crippen LogP contribution in [0.1, 0.15) is 37.3 Å². The average molecular weight is 259 g/mol. The Morgan fingerprint density at radius 2 is 1.89 bits per heavy atom. The van der Waals surface area contributed by atoms with Crippen molar-refractivity contribution in [3.05, 3.63) is 35.4 Å². The van der Waals surface area contributed by atoms with Gasteiger partial charge < -0.3 is 5.32 Å². The van der Waals surface area contributed by atoms with Gasteiger partial charge in [0, 0.05) is 0 Å². The second-order valence-corrected chi connectivity index (χ2v) is 4.41. The third kappa shape index (κ3) is 5.54. The van der Waals surface area contributed by atoms with Crippen LogP contribution < -0.4 is 5.32 Å². The zero-order chi connectivity index (χ0) is 13.4. The van der Waals surface area contributed by atoms with Crippen molar-refractivity contribution in [1.29, 1.82) is 0 Å². The monoisotopic (exact) mass is 259 g/mol. The highest BCUT2D eigenvalue weighted by atomic mass is 19.4. The first-order valence-electron chi connectivity index (χ1n) is 6.41. The molecule has 0 aliphatic rings. The summed E-state index contributed by atoms with van der Waals surface area (Å²) in [5, 5.41) is 3.28. The number of hydrogen-bond donors (Lipinski definition) is 1. The van der Waals surface area contributed by atoms with E-state index in [1.54, 1.807) is 6.07 Å². The number of unbranched alkanes of at least 4 members (excludes halogenated alkanes) is 1. The lowest BCUT2D eigenvalue weighted by Crippen LogP contribution is -2.15. The largest absolute Gasteiger partial charge is 0.416 e. The van der Waals surface area contributed by atoms with Crippen LogP contribution in [0.25, 0.3) is 0 Å². The Hall–Kier alpha value is -1.03. The lowest BCUT2D eigenvalue weighted by Gasteiger charge is -2.08. The molecule has 0 unspecified atom stereocenters. The number of aryl methyl sites for hydroxylation is 1. The summed E-state index contributed by atoms with van der Waals surface area (Å²) in [7, 11) is 0. The minimum atomic E-state index is -4.24. The highest BCUT2D eigenvalue weighted by Gasteiger charge is 2.30. The number of hydrogen-bond acceptors (Lipinski definition) is 1. The van der Waals surface area contributed by atoms with E-state index in [-0.39, 0.29) is 0 Å². The smallest absolute Gasteiger partial charge is 0.317 e. The van der Waals surface area contributed by atoms with Gasteiger partial charge in [-0.15, -0.1) is 0 Å². The highest BCUT2D eigenvalue weighted by Crippen LogP contribution is 2.29. The number of rotatable bonds is 7. The molecule has 0 aliphatic carbocycles. The summed E-state index contributed by atoms with van der Waals surface area (Å²) in [6.45, 7) is 4.05. The van der Waals surface area contributed by atoms with E-state index in [1.165, 1.54) is 12.1 Å². The van der Waals surface area contributed by atoms with Crippen molar-refractivity contribution in [2.75, 3.05) is 13.1 Å². The maximum Gasteiger partial charge on any atom is 0.416 e. The predicted octanol–water partition coefficient (Wildman–Crippen LogP) is 4.03. The molecule has 1 N–H and O–H groups in total. The normalized spacial score (nSPS) is 11.8. The molecule has 1 aromatic rings. The summed E-state index contributed by atoms with van der Waals surface area (Å²) in [5.74, 6) is 0. The van der Waals surface area contributed by atoms with Crippen molar-refractivity contribution in [1.82, 2.24) is 5.32 Å². The summed E-state index contributed by atoms with van der Waals surface area (Å²) in [6.07, 6.45) is -0.516. The van der Waals surface area contributed by atoms with Crippen LogP contribution in [0.3, 0.4) is 0 Å². The lowest BCUT2D eigenvalue weighted by molar-refractivity contribution is -0.137. The summed E-state index contributed by atoms with van der Waals surface area (Å²) in [5.41, 5.74) is 0.212. The van der Waals surface area contributed by atoms with Gasteiger partial charge in [-0.3, -0.25) is 0 Å². The molecular weight excluding hydrogens is 239 g/mol. The lowest BCUT2D eigenvalue weighted by atomic mass is 10.1. The van der Waals surface area contributed by atoms with Gasteiger partial charge in [0.15, 0.2) is 0 Å². The summed E-state index contributed by atoms with van der Waals surface area (Å²) in [4.78, 5) is 0. The molecule has 102 valence electrons. The minimum Gasteiger partial charge on any atom is -0.317 e. The average Bonchev–Trinajstić information content (AvgIpc) is 2.33. The summed E-state index contributed by atoms with van der Waals surface area (Å²) < 4.78 is 37.5. The Morgan fingerprint density at radius 3 is 2.56 bits per heavy atom. The number of halogens is 3. The van der Waals surface area contributed by atoms with Gasteiger partial charge in [-0.1, -0.05) is 25.1 Å². The first kappa shape index (κ1) is 15.0. The second-order valence-electron chi connectivity index (χ2n) is 4.41. The maximum absolute atomic E-state index is 12.5. The third-order valence-corrected chi connectivity index (χ3v) is 2.75. The molecule has 0 spiro atoms. The molecule has 0 bridgehead atoms. The Balaban J connectivity index is 2.34. The van der Waals surface area contributed by atoms with Crippen LogP contribution in [0.4, 0.5) is 13.2 Å².